The van der Waals surface area contributed by atoms with Crippen LogP contribution in [0.1, 0.15) is 93.0 Å². The lowest BCUT2D eigenvalue weighted by Crippen LogP contribution is -2.46. The van der Waals surface area contributed by atoms with Crippen LogP contribution in [0.15, 0.2) is 24.3 Å². The number of piperidine rings is 1. The van der Waals surface area contributed by atoms with Gasteiger partial charge in [0.15, 0.2) is 5.78 Å². The first-order chi connectivity index (χ1) is 16.0. The maximum atomic E-state index is 13.1. The summed E-state index contributed by atoms with van der Waals surface area (Å²) >= 11 is 0. The molecule has 6 nitrogen and oxygen atoms in total. The molecule has 1 N–H and O–H groups in total. The molecule has 1 aromatic carbocycles. The van der Waals surface area contributed by atoms with E-state index in [1.807, 2.05) is 36.1 Å². The lowest BCUT2D eigenvalue weighted by Gasteiger charge is -2.33. The zero-order valence-electron chi connectivity index (χ0n) is 19.9. The average molecular weight is 455 g/mol. The molecule has 4 rings (SSSR count). The number of ketones is 1. The molecule has 180 valence electrons. The monoisotopic (exact) mass is 454 g/mol. The number of Topliss-reactive ketones (excluding diaryl/α,β-unsaturated/α-hetero) is 1. The molecule has 1 aromatic rings. The third-order valence-electron chi connectivity index (χ3n) is 7.46. The molecule has 0 bridgehead atoms. The molecule has 1 saturated heterocycles. The van der Waals surface area contributed by atoms with E-state index in [2.05, 4.69) is 5.32 Å². The third-order valence-corrected chi connectivity index (χ3v) is 7.46. The van der Waals surface area contributed by atoms with Crippen LogP contribution >= 0.6 is 0 Å². The van der Waals surface area contributed by atoms with Gasteiger partial charge >= 0.3 is 0 Å². The second-order valence-corrected chi connectivity index (χ2v) is 9.98. The Labute approximate surface area is 197 Å². The van der Waals surface area contributed by atoms with Gasteiger partial charge < -0.3 is 15.0 Å². The van der Waals surface area contributed by atoms with Crippen LogP contribution in [0.2, 0.25) is 0 Å². The van der Waals surface area contributed by atoms with Crippen molar-refractivity contribution in [3.05, 3.63) is 35.4 Å². The maximum absolute atomic E-state index is 13.1. The quantitative estimate of drug-likeness (QED) is 0.606. The summed E-state index contributed by atoms with van der Waals surface area (Å²) in [6.45, 7) is 3.48. The van der Waals surface area contributed by atoms with Crippen molar-refractivity contribution < 1.29 is 19.1 Å². The predicted octanol–water partition coefficient (Wildman–Crippen LogP) is 4.23. The number of rotatable bonds is 9. The minimum atomic E-state index is -0.388. The molecule has 0 spiro atoms. The number of benzene rings is 1. The van der Waals surface area contributed by atoms with Gasteiger partial charge in [0.1, 0.15) is 6.61 Å². The number of amides is 2. The first kappa shape index (κ1) is 23.9. The van der Waals surface area contributed by atoms with Crippen LogP contribution in [-0.2, 0) is 14.3 Å². The van der Waals surface area contributed by atoms with E-state index in [-0.39, 0.29) is 48.2 Å². The van der Waals surface area contributed by atoms with Crippen molar-refractivity contribution in [2.45, 2.75) is 89.2 Å². The summed E-state index contributed by atoms with van der Waals surface area (Å²) in [5.41, 5.74) is 1.68. The molecule has 2 saturated carbocycles. The topological polar surface area (TPSA) is 75.7 Å². The van der Waals surface area contributed by atoms with Gasteiger partial charge in [0.2, 0.25) is 5.91 Å². The third kappa shape index (κ3) is 6.44. The fourth-order valence-electron chi connectivity index (χ4n) is 5.30. The van der Waals surface area contributed by atoms with E-state index in [0.29, 0.717) is 18.5 Å². The molecule has 2 amide bonds. The molecule has 2 aliphatic carbocycles. The fourth-order valence-corrected chi connectivity index (χ4v) is 5.30. The molecule has 33 heavy (non-hydrogen) atoms. The highest BCUT2D eigenvalue weighted by molar-refractivity contribution is 5.98. The number of hydrogen-bond acceptors (Lipinski definition) is 4. The Kier molecular flexibility index (Phi) is 8.18. The standard InChI is InChI=1S/C27H38N2O4/c1-2-24(30)26(19-8-4-3-5-9-19)28-27(32)21-11-6-10-20(16-21)22-12-7-15-29(17-22)25(31)18-33-23-13-14-23/h6,10-11,16,19,22-23,26H,2-5,7-9,12-15,17-18H2,1H3,(H,28,32). The molecular weight excluding hydrogens is 416 g/mol. The average Bonchev–Trinajstić information content (AvgIpc) is 3.70. The molecule has 1 heterocycles. The minimum Gasteiger partial charge on any atom is -0.368 e. The first-order valence-corrected chi connectivity index (χ1v) is 12.9. The van der Waals surface area contributed by atoms with Crippen molar-refractivity contribution in [2.75, 3.05) is 19.7 Å². The van der Waals surface area contributed by atoms with Crippen LogP contribution in [0.25, 0.3) is 0 Å². The molecule has 3 aliphatic rings. The van der Waals surface area contributed by atoms with E-state index in [4.69, 9.17) is 4.74 Å². The Morgan fingerprint density at radius 3 is 2.58 bits per heavy atom. The van der Waals surface area contributed by atoms with Gasteiger partial charge in [-0.3, -0.25) is 14.4 Å². The summed E-state index contributed by atoms with van der Waals surface area (Å²) in [4.78, 5) is 40.2. The summed E-state index contributed by atoms with van der Waals surface area (Å²) in [6, 6.07) is 7.34. The summed E-state index contributed by atoms with van der Waals surface area (Å²) in [5, 5.41) is 3.07. The summed E-state index contributed by atoms with van der Waals surface area (Å²) in [5.74, 6) is 0.475. The van der Waals surface area contributed by atoms with Gasteiger partial charge in [0.25, 0.3) is 5.91 Å². The van der Waals surface area contributed by atoms with E-state index in [0.717, 1.165) is 63.5 Å². The molecule has 1 aliphatic heterocycles. The summed E-state index contributed by atoms with van der Waals surface area (Å²) in [7, 11) is 0. The number of likely N-dealkylation sites (tertiary alicyclic amines) is 1. The molecular formula is C27H38N2O4. The molecule has 6 heteroatoms. The number of hydrogen-bond donors (Lipinski definition) is 1. The Balaban J connectivity index is 1.40. The van der Waals surface area contributed by atoms with Gasteiger partial charge in [-0.2, -0.15) is 0 Å². The number of carbonyl (C=O) groups excluding carboxylic acids is 3. The van der Waals surface area contributed by atoms with Crippen molar-refractivity contribution in [3.8, 4) is 0 Å². The van der Waals surface area contributed by atoms with Crippen LogP contribution < -0.4 is 5.32 Å². The van der Waals surface area contributed by atoms with E-state index in [1.54, 1.807) is 0 Å². The van der Waals surface area contributed by atoms with Crippen molar-refractivity contribution in [3.63, 3.8) is 0 Å². The van der Waals surface area contributed by atoms with Gasteiger partial charge in [-0.25, -0.2) is 0 Å². The predicted molar refractivity (Wildman–Crippen MR) is 127 cm³/mol. The Bertz CT molecular complexity index is 844. The zero-order valence-corrected chi connectivity index (χ0v) is 19.9. The Morgan fingerprint density at radius 2 is 1.85 bits per heavy atom. The largest absolute Gasteiger partial charge is 0.368 e. The summed E-state index contributed by atoms with van der Waals surface area (Å²) < 4.78 is 5.60. The van der Waals surface area contributed by atoms with Crippen LogP contribution in [0, 0.1) is 5.92 Å². The normalized spacial score (nSPS) is 22.6. The van der Waals surface area contributed by atoms with Gasteiger partial charge in [0.05, 0.1) is 12.1 Å². The first-order valence-electron chi connectivity index (χ1n) is 12.9. The molecule has 0 radical (unpaired) electrons. The Morgan fingerprint density at radius 1 is 1.06 bits per heavy atom. The minimum absolute atomic E-state index is 0.0638. The van der Waals surface area contributed by atoms with E-state index in [1.165, 1.54) is 6.42 Å². The highest BCUT2D eigenvalue weighted by Crippen LogP contribution is 2.30. The van der Waals surface area contributed by atoms with E-state index < -0.39 is 0 Å². The van der Waals surface area contributed by atoms with E-state index in [9.17, 15) is 14.4 Å². The number of nitrogens with one attached hydrogen (secondary N) is 1. The molecule has 0 aromatic heterocycles. The van der Waals surface area contributed by atoms with Crippen molar-refractivity contribution in [1.82, 2.24) is 10.2 Å². The molecule has 2 atom stereocenters. The highest BCUT2D eigenvalue weighted by atomic mass is 16.5. The summed E-state index contributed by atoms with van der Waals surface area (Å²) in [6.07, 6.45) is 10.3. The SMILES string of the molecule is CCC(=O)C(NC(=O)c1cccc(C2CCCN(C(=O)COC3CC3)C2)c1)C1CCCCC1. The second-order valence-electron chi connectivity index (χ2n) is 9.98. The fraction of sp³-hybridized carbons (Fsp3) is 0.667. The molecule has 2 unspecified atom stereocenters. The van der Waals surface area contributed by atoms with Crippen molar-refractivity contribution >= 4 is 17.6 Å². The van der Waals surface area contributed by atoms with Gasteiger partial charge in [-0.1, -0.05) is 38.3 Å². The van der Waals surface area contributed by atoms with Crippen LogP contribution in [-0.4, -0.2) is 54.3 Å². The van der Waals surface area contributed by atoms with Gasteiger partial charge in [-0.15, -0.1) is 0 Å². The lowest BCUT2D eigenvalue weighted by molar-refractivity contribution is -0.137. The van der Waals surface area contributed by atoms with Gasteiger partial charge in [0, 0.05) is 31.0 Å². The van der Waals surface area contributed by atoms with Crippen LogP contribution in [0.4, 0.5) is 0 Å². The second kappa shape index (κ2) is 11.3. The smallest absolute Gasteiger partial charge is 0.251 e. The lowest BCUT2D eigenvalue weighted by atomic mass is 9.81. The Hall–Kier alpha value is -2.21. The van der Waals surface area contributed by atoms with Crippen molar-refractivity contribution in [2.24, 2.45) is 5.92 Å². The number of ether oxygens (including phenoxy) is 1. The molecule has 3 fully saturated rings. The van der Waals surface area contributed by atoms with Crippen LogP contribution in [0.5, 0.6) is 0 Å². The highest BCUT2D eigenvalue weighted by Gasteiger charge is 2.31. The van der Waals surface area contributed by atoms with Crippen LogP contribution in [0.3, 0.4) is 0 Å². The zero-order chi connectivity index (χ0) is 23.2. The van der Waals surface area contributed by atoms with E-state index >= 15 is 0 Å². The number of nitrogens with zero attached hydrogens (tertiary/aromatic N) is 1. The van der Waals surface area contributed by atoms with Crippen molar-refractivity contribution in [1.29, 1.82) is 0 Å². The maximum Gasteiger partial charge on any atom is 0.251 e. The van der Waals surface area contributed by atoms with Gasteiger partial charge in [-0.05, 0) is 62.1 Å². The number of carbonyl (C=O) groups is 3.